The van der Waals surface area contributed by atoms with Crippen molar-refractivity contribution in [3.63, 3.8) is 0 Å². The summed E-state index contributed by atoms with van der Waals surface area (Å²) in [6.07, 6.45) is 5.52. The highest BCUT2D eigenvalue weighted by atomic mass is 16.6. The molecule has 1 atom stereocenters. The summed E-state index contributed by atoms with van der Waals surface area (Å²) in [5.74, 6) is 1.11. The second-order valence-corrected chi connectivity index (χ2v) is 5.25. The van der Waals surface area contributed by atoms with Crippen molar-refractivity contribution in [3.05, 3.63) is 24.3 Å². The van der Waals surface area contributed by atoms with Gasteiger partial charge in [-0.05, 0) is 44.5 Å². The van der Waals surface area contributed by atoms with E-state index in [2.05, 4.69) is 6.92 Å². The maximum atomic E-state index is 11.5. The van der Waals surface area contributed by atoms with Crippen LogP contribution in [0.5, 0.6) is 11.5 Å². The van der Waals surface area contributed by atoms with Crippen molar-refractivity contribution in [1.29, 1.82) is 0 Å². The van der Waals surface area contributed by atoms with E-state index < -0.39 is 6.10 Å². The van der Waals surface area contributed by atoms with Gasteiger partial charge in [0.05, 0.1) is 13.2 Å². The van der Waals surface area contributed by atoms with Crippen LogP contribution in [0.1, 0.15) is 52.9 Å². The molecule has 22 heavy (non-hydrogen) atoms. The predicted molar refractivity (Wildman–Crippen MR) is 87.4 cm³/mol. The Balaban J connectivity index is 2.29. The molecule has 0 N–H and O–H groups in total. The van der Waals surface area contributed by atoms with Gasteiger partial charge in [0.1, 0.15) is 11.5 Å². The summed E-state index contributed by atoms with van der Waals surface area (Å²) in [7, 11) is 0. The summed E-state index contributed by atoms with van der Waals surface area (Å²) >= 11 is 0. The topological polar surface area (TPSA) is 44.8 Å². The molecule has 0 bridgehead atoms. The van der Waals surface area contributed by atoms with Crippen LogP contribution in [0.25, 0.3) is 0 Å². The maximum Gasteiger partial charge on any atom is 0.347 e. The molecule has 124 valence electrons. The molecule has 4 heteroatoms. The quantitative estimate of drug-likeness (QED) is 0.450. The summed E-state index contributed by atoms with van der Waals surface area (Å²) < 4.78 is 16.1. The average Bonchev–Trinajstić information content (AvgIpc) is 2.52. The molecule has 0 saturated heterocycles. The van der Waals surface area contributed by atoms with Gasteiger partial charge in [-0.2, -0.15) is 0 Å². The van der Waals surface area contributed by atoms with E-state index in [-0.39, 0.29) is 5.97 Å². The molecule has 0 aliphatic carbocycles. The first kappa shape index (κ1) is 18.3. The Bertz CT molecular complexity index is 414. The van der Waals surface area contributed by atoms with Crippen molar-refractivity contribution in [2.24, 2.45) is 0 Å². The first-order valence-corrected chi connectivity index (χ1v) is 8.23. The summed E-state index contributed by atoms with van der Waals surface area (Å²) in [6, 6.07) is 7.34. The van der Waals surface area contributed by atoms with Crippen LogP contribution < -0.4 is 9.47 Å². The zero-order valence-corrected chi connectivity index (χ0v) is 14.0. The molecule has 1 rings (SSSR count). The van der Waals surface area contributed by atoms with E-state index in [4.69, 9.17) is 14.2 Å². The van der Waals surface area contributed by atoms with Crippen molar-refractivity contribution < 1.29 is 19.0 Å². The van der Waals surface area contributed by atoms with E-state index >= 15 is 0 Å². The van der Waals surface area contributed by atoms with Gasteiger partial charge in [-0.25, -0.2) is 4.79 Å². The lowest BCUT2D eigenvalue weighted by molar-refractivity contribution is -0.150. The van der Waals surface area contributed by atoms with E-state index in [1.54, 1.807) is 13.8 Å². The van der Waals surface area contributed by atoms with Gasteiger partial charge in [0.25, 0.3) is 0 Å². The molecule has 0 aliphatic heterocycles. The van der Waals surface area contributed by atoms with Gasteiger partial charge in [0.2, 0.25) is 0 Å². The van der Waals surface area contributed by atoms with E-state index in [1.165, 1.54) is 25.7 Å². The molecule has 0 radical (unpaired) electrons. The number of esters is 1. The minimum absolute atomic E-state index is 0.352. The number of ether oxygens (including phenoxy) is 3. The van der Waals surface area contributed by atoms with Crippen molar-refractivity contribution in [3.8, 4) is 11.5 Å². The molecule has 0 saturated carbocycles. The van der Waals surface area contributed by atoms with Gasteiger partial charge in [0, 0.05) is 0 Å². The number of rotatable bonds is 11. The number of hydrogen-bond donors (Lipinski definition) is 0. The predicted octanol–water partition coefficient (Wildman–Crippen LogP) is 4.37. The van der Waals surface area contributed by atoms with Crippen molar-refractivity contribution >= 4 is 5.97 Å². The fourth-order valence-corrected chi connectivity index (χ4v) is 2.02. The Kier molecular flexibility index (Phi) is 9.12. The normalized spacial score (nSPS) is 11.8. The monoisotopic (exact) mass is 308 g/mol. The average molecular weight is 308 g/mol. The smallest absolute Gasteiger partial charge is 0.347 e. The van der Waals surface area contributed by atoms with E-state index in [0.717, 1.165) is 18.8 Å². The zero-order valence-electron chi connectivity index (χ0n) is 14.0. The van der Waals surface area contributed by atoms with Crippen LogP contribution in [-0.4, -0.2) is 25.3 Å². The van der Waals surface area contributed by atoms with Crippen molar-refractivity contribution in [2.75, 3.05) is 13.2 Å². The minimum atomic E-state index is -0.606. The Morgan fingerprint density at radius 2 is 1.64 bits per heavy atom. The lowest BCUT2D eigenvalue weighted by Gasteiger charge is -2.13. The van der Waals surface area contributed by atoms with Crippen LogP contribution in [0.15, 0.2) is 24.3 Å². The Labute approximate surface area is 133 Å². The third-order valence-electron chi connectivity index (χ3n) is 3.27. The fourth-order valence-electron chi connectivity index (χ4n) is 2.02. The van der Waals surface area contributed by atoms with Crippen molar-refractivity contribution in [1.82, 2.24) is 0 Å². The summed E-state index contributed by atoms with van der Waals surface area (Å²) in [5, 5.41) is 0. The standard InChI is InChI=1S/C18H28O4/c1-4-6-7-8-9-14-21-16-10-12-17(13-11-16)22-15(3)18(19)20-5-2/h10-13,15H,4-9,14H2,1-3H3. The number of carbonyl (C=O) groups is 1. The molecule has 0 aliphatic rings. The molecule has 1 aromatic carbocycles. The molecular weight excluding hydrogens is 280 g/mol. The summed E-state index contributed by atoms with van der Waals surface area (Å²) in [6.45, 7) is 6.77. The van der Waals surface area contributed by atoms with Gasteiger partial charge in [-0.15, -0.1) is 0 Å². The SMILES string of the molecule is CCCCCCCOc1ccc(OC(C)C(=O)OCC)cc1. The molecule has 1 aromatic rings. The Morgan fingerprint density at radius 1 is 1.00 bits per heavy atom. The van der Waals surface area contributed by atoms with Crippen LogP contribution in [-0.2, 0) is 9.53 Å². The van der Waals surface area contributed by atoms with Crippen LogP contribution in [0.2, 0.25) is 0 Å². The maximum absolute atomic E-state index is 11.5. The minimum Gasteiger partial charge on any atom is -0.494 e. The van der Waals surface area contributed by atoms with Gasteiger partial charge in [0.15, 0.2) is 6.10 Å². The number of carbonyl (C=O) groups excluding carboxylic acids is 1. The first-order valence-electron chi connectivity index (χ1n) is 8.23. The fraction of sp³-hybridized carbons (Fsp3) is 0.611. The summed E-state index contributed by atoms with van der Waals surface area (Å²) in [5.41, 5.74) is 0. The second kappa shape index (κ2) is 10.9. The highest BCUT2D eigenvalue weighted by Crippen LogP contribution is 2.19. The van der Waals surface area contributed by atoms with Crippen LogP contribution in [0.3, 0.4) is 0 Å². The van der Waals surface area contributed by atoms with E-state index in [1.807, 2.05) is 24.3 Å². The lowest BCUT2D eigenvalue weighted by atomic mass is 10.2. The van der Waals surface area contributed by atoms with E-state index in [9.17, 15) is 4.79 Å². The van der Waals surface area contributed by atoms with Gasteiger partial charge >= 0.3 is 5.97 Å². The first-order chi connectivity index (χ1) is 10.7. The molecule has 0 spiro atoms. The largest absolute Gasteiger partial charge is 0.494 e. The third kappa shape index (κ3) is 7.34. The molecule has 0 amide bonds. The van der Waals surface area contributed by atoms with E-state index in [0.29, 0.717) is 12.4 Å². The highest BCUT2D eigenvalue weighted by molar-refractivity contribution is 5.74. The van der Waals surface area contributed by atoms with Gasteiger partial charge < -0.3 is 14.2 Å². The highest BCUT2D eigenvalue weighted by Gasteiger charge is 2.15. The Morgan fingerprint density at radius 3 is 2.27 bits per heavy atom. The number of benzene rings is 1. The third-order valence-corrected chi connectivity index (χ3v) is 3.27. The van der Waals surface area contributed by atoms with Crippen LogP contribution in [0.4, 0.5) is 0 Å². The van der Waals surface area contributed by atoms with Gasteiger partial charge in [-0.3, -0.25) is 0 Å². The molecule has 0 aromatic heterocycles. The lowest BCUT2D eigenvalue weighted by Crippen LogP contribution is -2.25. The molecular formula is C18H28O4. The van der Waals surface area contributed by atoms with Gasteiger partial charge in [-0.1, -0.05) is 32.6 Å². The summed E-state index contributed by atoms with van der Waals surface area (Å²) in [4.78, 5) is 11.5. The van der Waals surface area contributed by atoms with Crippen LogP contribution >= 0.6 is 0 Å². The number of unbranched alkanes of at least 4 members (excludes halogenated alkanes) is 4. The molecule has 4 nitrogen and oxygen atoms in total. The molecule has 0 heterocycles. The Hall–Kier alpha value is -1.71. The molecule has 1 unspecified atom stereocenters. The van der Waals surface area contributed by atoms with Crippen molar-refractivity contribution in [2.45, 2.75) is 59.0 Å². The molecule has 0 fully saturated rings. The number of hydrogen-bond acceptors (Lipinski definition) is 4. The van der Waals surface area contributed by atoms with Crippen LogP contribution in [0, 0.1) is 0 Å². The zero-order chi connectivity index (χ0) is 16.2. The second-order valence-electron chi connectivity index (χ2n) is 5.25.